The first-order valence-electron chi connectivity index (χ1n) is 6.73. The van der Waals surface area contributed by atoms with Gasteiger partial charge >= 0.3 is 0 Å². The first-order chi connectivity index (χ1) is 9.78. The fraction of sp³-hybridized carbons (Fsp3) is 0.333. The molecule has 0 radical (unpaired) electrons. The van der Waals surface area contributed by atoms with Gasteiger partial charge in [0.15, 0.2) is 0 Å². The molecule has 1 amide bonds. The molecule has 0 saturated carbocycles. The van der Waals surface area contributed by atoms with E-state index in [0.717, 1.165) is 25.0 Å². The molecule has 104 valence electrons. The highest BCUT2D eigenvalue weighted by Crippen LogP contribution is 2.21. The molecule has 20 heavy (non-hydrogen) atoms. The maximum Gasteiger partial charge on any atom is 0.255 e. The van der Waals surface area contributed by atoms with E-state index in [4.69, 9.17) is 4.74 Å². The number of fused-ring (bicyclic) bond motifs is 1. The molecule has 0 aliphatic heterocycles. The fourth-order valence-electron chi connectivity index (χ4n) is 2.63. The van der Waals surface area contributed by atoms with E-state index in [2.05, 4.69) is 15.5 Å². The van der Waals surface area contributed by atoms with Crippen molar-refractivity contribution in [2.24, 2.45) is 0 Å². The lowest BCUT2D eigenvalue weighted by Crippen LogP contribution is -2.38. The highest BCUT2D eigenvalue weighted by molar-refractivity contribution is 5.97. The lowest BCUT2D eigenvalue weighted by Gasteiger charge is -2.23. The number of hydrogen-bond donors (Lipinski definition) is 2. The molecule has 3 rings (SSSR count). The van der Waals surface area contributed by atoms with E-state index in [9.17, 15) is 4.79 Å². The lowest BCUT2D eigenvalue weighted by molar-refractivity contribution is 0.0930. The maximum atomic E-state index is 12.3. The Morgan fingerprint density at radius 1 is 1.45 bits per heavy atom. The van der Waals surface area contributed by atoms with Gasteiger partial charge in [0.25, 0.3) is 5.91 Å². The van der Waals surface area contributed by atoms with Crippen LogP contribution in [-0.4, -0.2) is 29.3 Å². The Labute approximate surface area is 117 Å². The van der Waals surface area contributed by atoms with Gasteiger partial charge in [-0.05, 0) is 30.5 Å². The molecule has 1 unspecified atom stereocenters. The Morgan fingerprint density at radius 2 is 2.30 bits per heavy atom. The van der Waals surface area contributed by atoms with Gasteiger partial charge in [0.1, 0.15) is 5.75 Å². The highest BCUT2D eigenvalue weighted by atomic mass is 16.5. The van der Waals surface area contributed by atoms with Gasteiger partial charge in [-0.1, -0.05) is 12.1 Å². The molecule has 1 aliphatic rings. The van der Waals surface area contributed by atoms with Crippen molar-refractivity contribution >= 4 is 5.91 Å². The monoisotopic (exact) mass is 271 g/mol. The summed E-state index contributed by atoms with van der Waals surface area (Å²) in [5.41, 5.74) is 2.96. The van der Waals surface area contributed by atoms with E-state index in [1.54, 1.807) is 19.2 Å². The number of aromatic nitrogens is 2. The summed E-state index contributed by atoms with van der Waals surface area (Å²) < 4.78 is 5.22. The topological polar surface area (TPSA) is 67.0 Å². The van der Waals surface area contributed by atoms with Gasteiger partial charge in [-0.3, -0.25) is 9.89 Å². The summed E-state index contributed by atoms with van der Waals surface area (Å²) in [6.45, 7) is 0. The number of carbonyl (C=O) groups is 1. The van der Waals surface area contributed by atoms with Gasteiger partial charge in [0, 0.05) is 18.2 Å². The number of H-pyrrole nitrogens is 1. The number of nitrogens with zero attached hydrogens (tertiary/aromatic N) is 1. The number of aromatic amines is 1. The van der Waals surface area contributed by atoms with Crippen molar-refractivity contribution in [1.82, 2.24) is 15.5 Å². The summed E-state index contributed by atoms with van der Waals surface area (Å²) in [6, 6.07) is 7.40. The molecule has 5 nitrogen and oxygen atoms in total. The number of methoxy groups -OCH3 is 1. The van der Waals surface area contributed by atoms with Crippen LogP contribution in [0.2, 0.25) is 0 Å². The quantitative estimate of drug-likeness (QED) is 0.893. The summed E-state index contributed by atoms with van der Waals surface area (Å²) in [5, 5.41) is 10.1. The van der Waals surface area contributed by atoms with E-state index in [1.165, 1.54) is 5.56 Å². The zero-order valence-corrected chi connectivity index (χ0v) is 11.3. The number of hydrogen-bond acceptors (Lipinski definition) is 3. The largest absolute Gasteiger partial charge is 0.496 e. The molecule has 5 heteroatoms. The van der Waals surface area contributed by atoms with Gasteiger partial charge in [-0.25, -0.2) is 0 Å². The number of benzene rings is 1. The molecule has 0 bridgehead atoms. The molecular weight excluding hydrogens is 254 g/mol. The van der Waals surface area contributed by atoms with Crippen molar-refractivity contribution in [2.75, 3.05) is 7.11 Å². The summed E-state index contributed by atoms with van der Waals surface area (Å²) >= 11 is 0. The summed E-state index contributed by atoms with van der Waals surface area (Å²) in [4.78, 5) is 12.3. The zero-order valence-electron chi connectivity index (χ0n) is 11.3. The number of rotatable bonds is 3. The second kappa shape index (κ2) is 5.36. The molecule has 2 N–H and O–H groups in total. The fourth-order valence-corrected chi connectivity index (χ4v) is 2.63. The Kier molecular flexibility index (Phi) is 3.41. The first-order valence-corrected chi connectivity index (χ1v) is 6.73. The van der Waals surface area contributed by atoms with Crippen molar-refractivity contribution < 1.29 is 9.53 Å². The summed E-state index contributed by atoms with van der Waals surface area (Å²) in [5.74, 6) is 0.512. The van der Waals surface area contributed by atoms with Crippen molar-refractivity contribution in [3.8, 4) is 5.75 Å². The van der Waals surface area contributed by atoms with Crippen molar-refractivity contribution in [3.05, 3.63) is 47.3 Å². The standard InChI is InChI=1S/C15H17N3O2/c1-20-14-5-3-2-4-12(14)15(19)17-11-7-6-10-9-16-18-13(10)8-11/h2-5,9,11H,6-8H2,1H3,(H,16,18)(H,17,19). The highest BCUT2D eigenvalue weighted by Gasteiger charge is 2.22. The third-order valence-electron chi connectivity index (χ3n) is 3.71. The van der Waals surface area contributed by atoms with Crippen LogP contribution in [0.1, 0.15) is 28.0 Å². The zero-order chi connectivity index (χ0) is 13.9. The smallest absolute Gasteiger partial charge is 0.255 e. The van der Waals surface area contributed by atoms with Crippen LogP contribution >= 0.6 is 0 Å². The van der Waals surface area contributed by atoms with Crippen LogP contribution in [0, 0.1) is 0 Å². The predicted molar refractivity (Wildman–Crippen MR) is 74.9 cm³/mol. The molecule has 0 fully saturated rings. The second-order valence-corrected chi connectivity index (χ2v) is 4.99. The van der Waals surface area contributed by atoms with Crippen molar-refractivity contribution in [3.63, 3.8) is 0 Å². The number of aryl methyl sites for hydroxylation is 1. The van der Waals surface area contributed by atoms with Crippen molar-refractivity contribution in [1.29, 1.82) is 0 Å². The number of carbonyl (C=O) groups excluding carboxylic acids is 1. The number of ether oxygens (including phenoxy) is 1. The molecular formula is C15H17N3O2. The normalized spacial score (nSPS) is 17.4. The van der Waals surface area contributed by atoms with Crippen LogP contribution in [0.25, 0.3) is 0 Å². The predicted octanol–water partition coefficient (Wildman–Crippen LogP) is 1.71. The lowest BCUT2D eigenvalue weighted by atomic mass is 9.93. The third-order valence-corrected chi connectivity index (χ3v) is 3.71. The molecule has 1 aromatic carbocycles. The van der Waals surface area contributed by atoms with Gasteiger partial charge in [-0.15, -0.1) is 0 Å². The number of para-hydroxylation sites is 1. The molecule has 0 spiro atoms. The Balaban J connectivity index is 1.71. The number of amides is 1. The van der Waals surface area contributed by atoms with Gasteiger partial charge in [0.2, 0.25) is 0 Å². The Morgan fingerprint density at radius 3 is 3.15 bits per heavy atom. The molecule has 1 atom stereocenters. The molecule has 0 saturated heterocycles. The summed E-state index contributed by atoms with van der Waals surface area (Å²) in [6.07, 6.45) is 4.56. The average molecular weight is 271 g/mol. The van der Waals surface area contributed by atoms with Gasteiger partial charge in [0.05, 0.1) is 18.9 Å². The third kappa shape index (κ3) is 2.39. The molecule has 2 aromatic rings. The van der Waals surface area contributed by atoms with Crippen LogP contribution in [0.15, 0.2) is 30.5 Å². The Bertz CT molecular complexity index is 621. The van der Waals surface area contributed by atoms with Crippen LogP contribution in [0.3, 0.4) is 0 Å². The SMILES string of the molecule is COc1ccccc1C(=O)NC1CCc2cn[nH]c2C1. The second-order valence-electron chi connectivity index (χ2n) is 4.99. The maximum absolute atomic E-state index is 12.3. The minimum atomic E-state index is -0.0876. The van der Waals surface area contributed by atoms with E-state index in [0.29, 0.717) is 11.3 Å². The summed E-state index contributed by atoms with van der Waals surface area (Å²) in [7, 11) is 1.57. The average Bonchev–Trinajstić information content (AvgIpc) is 2.94. The van der Waals surface area contributed by atoms with Crippen LogP contribution in [-0.2, 0) is 12.8 Å². The molecule has 1 heterocycles. The van der Waals surface area contributed by atoms with Gasteiger partial charge in [-0.2, -0.15) is 5.10 Å². The van der Waals surface area contributed by atoms with E-state index in [-0.39, 0.29) is 11.9 Å². The number of nitrogens with one attached hydrogen (secondary N) is 2. The molecule has 1 aromatic heterocycles. The van der Waals surface area contributed by atoms with E-state index >= 15 is 0 Å². The minimum Gasteiger partial charge on any atom is -0.496 e. The first kappa shape index (κ1) is 12.7. The molecule has 1 aliphatic carbocycles. The van der Waals surface area contributed by atoms with Crippen molar-refractivity contribution in [2.45, 2.75) is 25.3 Å². The Hall–Kier alpha value is -2.30. The van der Waals surface area contributed by atoms with Gasteiger partial charge < -0.3 is 10.1 Å². The van der Waals surface area contributed by atoms with Crippen LogP contribution in [0.4, 0.5) is 0 Å². The van der Waals surface area contributed by atoms with E-state index in [1.807, 2.05) is 18.3 Å². The van der Waals surface area contributed by atoms with Crippen LogP contribution in [0.5, 0.6) is 5.75 Å². The minimum absolute atomic E-state index is 0.0876. The van der Waals surface area contributed by atoms with E-state index < -0.39 is 0 Å². The van der Waals surface area contributed by atoms with Crippen LogP contribution < -0.4 is 10.1 Å².